The van der Waals surface area contributed by atoms with Gasteiger partial charge < -0.3 is 50.5 Å². The standard InChI is InChI=1S/C45H83NO10/c1-3-5-7-9-11-13-15-16-17-18-19-20-21-22-23-25-26-28-30-32-37(48)40(50)36(35-55-45-43(53)42(52)41(51)39(34-47)56-45)46-44(54)38(49)33-31-29-27-24-14-12-10-8-6-4-2/h16-17,20-21,25-26,36-43,45,47-53H,3-15,18-19,22-24,27-35H2,1-2H3,(H,46,54)/b17-16+,21-20+,26-25+. The second kappa shape index (κ2) is 35.3. The van der Waals surface area contributed by atoms with Crippen molar-refractivity contribution in [2.45, 2.75) is 229 Å². The van der Waals surface area contributed by atoms with Crippen LogP contribution in [-0.4, -0.2) is 110 Å². The fraction of sp³-hybridized carbons (Fsp3) is 0.844. The van der Waals surface area contributed by atoms with E-state index in [1.165, 1.54) is 83.5 Å². The zero-order valence-corrected chi connectivity index (χ0v) is 35.1. The first-order valence-electron chi connectivity index (χ1n) is 22.4. The van der Waals surface area contributed by atoms with E-state index >= 15 is 0 Å². The Bertz CT molecular complexity index is 1010. The SMILES string of the molecule is CCCCCCCC/C=C/CC/C=C/CC/C=C/CCCC(O)C(O)C(COC1OC(CO)C(O)C(O)C1O)NC(=O)C(O)CCCCCCCCCCCC. The summed E-state index contributed by atoms with van der Waals surface area (Å²) in [5, 5.41) is 75.4. The number of carbonyl (C=O) groups excluding carboxylic acids is 1. The highest BCUT2D eigenvalue weighted by Gasteiger charge is 2.44. The Labute approximate surface area is 339 Å². The van der Waals surface area contributed by atoms with Crippen molar-refractivity contribution < 1.29 is 50.0 Å². The molecule has 328 valence electrons. The van der Waals surface area contributed by atoms with Gasteiger partial charge in [0.15, 0.2) is 6.29 Å². The molecule has 1 rings (SSSR count). The average Bonchev–Trinajstić information content (AvgIpc) is 3.20. The summed E-state index contributed by atoms with van der Waals surface area (Å²) in [5.74, 6) is -0.716. The van der Waals surface area contributed by atoms with Crippen LogP contribution in [0.1, 0.15) is 174 Å². The van der Waals surface area contributed by atoms with Crippen molar-refractivity contribution in [3.8, 4) is 0 Å². The van der Waals surface area contributed by atoms with Gasteiger partial charge in [-0.3, -0.25) is 4.79 Å². The first-order valence-corrected chi connectivity index (χ1v) is 22.4. The van der Waals surface area contributed by atoms with Gasteiger partial charge in [0.25, 0.3) is 0 Å². The van der Waals surface area contributed by atoms with Crippen LogP contribution in [-0.2, 0) is 14.3 Å². The monoisotopic (exact) mass is 798 g/mol. The van der Waals surface area contributed by atoms with Crippen LogP contribution in [0.15, 0.2) is 36.5 Å². The Kier molecular flexibility index (Phi) is 33.0. The molecule has 8 N–H and O–H groups in total. The number of rotatable bonds is 36. The lowest BCUT2D eigenvalue weighted by molar-refractivity contribution is -0.303. The van der Waals surface area contributed by atoms with Crippen LogP contribution < -0.4 is 5.32 Å². The highest BCUT2D eigenvalue weighted by atomic mass is 16.7. The van der Waals surface area contributed by atoms with E-state index in [9.17, 15) is 40.5 Å². The summed E-state index contributed by atoms with van der Waals surface area (Å²) in [7, 11) is 0. The van der Waals surface area contributed by atoms with Crippen molar-refractivity contribution in [1.29, 1.82) is 0 Å². The molecule has 9 unspecified atom stereocenters. The quantitative estimate of drug-likeness (QED) is 0.0247. The Morgan fingerprint density at radius 2 is 1.07 bits per heavy atom. The molecule has 1 amide bonds. The molecule has 0 aromatic heterocycles. The van der Waals surface area contributed by atoms with Gasteiger partial charge in [-0.1, -0.05) is 147 Å². The van der Waals surface area contributed by atoms with Crippen molar-refractivity contribution in [2.24, 2.45) is 0 Å². The van der Waals surface area contributed by atoms with Gasteiger partial charge in [-0.25, -0.2) is 0 Å². The van der Waals surface area contributed by atoms with E-state index in [1.54, 1.807) is 0 Å². The van der Waals surface area contributed by atoms with Crippen LogP contribution in [0.2, 0.25) is 0 Å². The van der Waals surface area contributed by atoms with Crippen LogP contribution in [0.5, 0.6) is 0 Å². The van der Waals surface area contributed by atoms with Gasteiger partial charge >= 0.3 is 0 Å². The molecule has 1 aliphatic heterocycles. The van der Waals surface area contributed by atoms with Gasteiger partial charge in [0.1, 0.15) is 36.6 Å². The molecule has 56 heavy (non-hydrogen) atoms. The Morgan fingerprint density at radius 3 is 1.59 bits per heavy atom. The molecule has 1 heterocycles. The van der Waals surface area contributed by atoms with Crippen LogP contribution in [0.3, 0.4) is 0 Å². The molecular formula is C45H83NO10. The van der Waals surface area contributed by atoms with Crippen molar-refractivity contribution >= 4 is 5.91 Å². The summed E-state index contributed by atoms with van der Waals surface area (Å²) in [6.45, 7) is 3.37. The lowest BCUT2D eigenvalue weighted by Crippen LogP contribution is -2.60. The number of nitrogens with one attached hydrogen (secondary N) is 1. The normalized spacial score (nSPS) is 22.6. The fourth-order valence-electron chi connectivity index (χ4n) is 6.88. The zero-order valence-electron chi connectivity index (χ0n) is 35.1. The number of amides is 1. The summed E-state index contributed by atoms with van der Waals surface area (Å²) >= 11 is 0. The maximum atomic E-state index is 13.0. The maximum Gasteiger partial charge on any atom is 0.249 e. The first kappa shape index (κ1) is 52.3. The minimum Gasteiger partial charge on any atom is -0.394 e. The van der Waals surface area contributed by atoms with E-state index in [1.807, 2.05) is 0 Å². The molecule has 1 fully saturated rings. The third kappa shape index (κ3) is 25.0. The number of allylic oxidation sites excluding steroid dienone is 6. The molecule has 1 saturated heterocycles. The molecule has 1 aliphatic rings. The second-order valence-corrected chi connectivity index (χ2v) is 15.7. The summed E-state index contributed by atoms with van der Waals surface area (Å²) in [6.07, 6.45) is 27.7. The van der Waals surface area contributed by atoms with Crippen LogP contribution >= 0.6 is 0 Å². The average molecular weight is 798 g/mol. The molecule has 0 aliphatic carbocycles. The summed E-state index contributed by atoms with van der Waals surface area (Å²) in [5.41, 5.74) is 0. The van der Waals surface area contributed by atoms with Crippen molar-refractivity contribution in [1.82, 2.24) is 5.32 Å². The van der Waals surface area contributed by atoms with Gasteiger partial charge in [-0.05, 0) is 64.2 Å². The van der Waals surface area contributed by atoms with Crippen molar-refractivity contribution in [3.05, 3.63) is 36.5 Å². The number of carbonyl (C=O) groups is 1. The van der Waals surface area contributed by atoms with Gasteiger partial charge in [0, 0.05) is 0 Å². The van der Waals surface area contributed by atoms with Crippen LogP contribution in [0.25, 0.3) is 0 Å². The number of aliphatic hydroxyl groups is 7. The van der Waals surface area contributed by atoms with Gasteiger partial charge in [0.05, 0.1) is 25.4 Å². The van der Waals surface area contributed by atoms with E-state index in [0.717, 1.165) is 44.9 Å². The molecule has 11 nitrogen and oxygen atoms in total. The number of unbranched alkanes of at least 4 members (excludes halogenated alkanes) is 18. The lowest BCUT2D eigenvalue weighted by atomic mass is 9.98. The van der Waals surface area contributed by atoms with Crippen molar-refractivity contribution in [2.75, 3.05) is 13.2 Å². The van der Waals surface area contributed by atoms with E-state index in [0.29, 0.717) is 19.3 Å². The van der Waals surface area contributed by atoms with E-state index < -0.39 is 74.2 Å². The smallest absolute Gasteiger partial charge is 0.249 e. The highest BCUT2D eigenvalue weighted by Crippen LogP contribution is 2.23. The van der Waals surface area contributed by atoms with Gasteiger partial charge in [-0.2, -0.15) is 0 Å². The van der Waals surface area contributed by atoms with Crippen LogP contribution in [0.4, 0.5) is 0 Å². The zero-order chi connectivity index (χ0) is 41.2. The minimum atomic E-state index is -1.67. The number of hydrogen-bond acceptors (Lipinski definition) is 10. The molecule has 0 saturated carbocycles. The van der Waals surface area contributed by atoms with E-state index in [-0.39, 0.29) is 12.8 Å². The highest BCUT2D eigenvalue weighted by molar-refractivity contribution is 5.80. The minimum absolute atomic E-state index is 0.241. The Morgan fingerprint density at radius 1 is 0.607 bits per heavy atom. The predicted octanol–water partition coefficient (Wildman–Crippen LogP) is 6.83. The molecule has 0 spiro atoms. The molecular weight excluding hydrogens is 714 g/mol. The Hall–Kier alpha value is -1.67. The third-order valence-electron chi connectivity index (χ3n) is 10.7. The van der Waals surface area contributed by atoms with Crippen LogP contribution in [0, 0.1) is 0 Å². The van der Waals surface area contributed by atoms with Gasteiger partial charge in [-0.15, -0.1) is 0 Å². The number of ether oxygens (including phenoxy) is 2. The first-order chi connectivity index (χ1) is 27.2. The maximum absolute atomic E-state index is 13.0. The largest absolute Gasteiger partial charge is 0.394 e. The predicted molar refractivity (Wildman–Crippen MR) is 224 cm³/mol. The molecule has 9 atom stereocenters. The number of hydrogen-bond donors (Lipinski definition) is 8. The second-order valence-electron chi connectivity index (χ2n) is 15.7. The third-order valence-corrected chi connectivity index (χ3v) is 10.7. The lowest BCUT2D eigenvalue weighted by Gasteiger charge is -2.40. The van der Waals surface area contributed by atoms with E-state index in [2.05, 4.69) is 55.6 Å². The summed E-state index contributed by atoms with van der Waals surface area (Å²) in [4.78, 5) is 13.0. The number of aliphatic hydroxyl groups excluding tert-OH is 7. The summed E-state index contributed by atoms with van der Waals surface area (Å²) < 4.78 is 11.0. The molecule has 0 aromatic carbocycles. The molecule has 0 radical (unpaired) electrons. The van der Waals surface area contributed by atoms with E-state index in [4.69, 9.17) is 9.47 Å². The Balaban J connectivity index is 2.51. The fourth-order valence-corrected chi connectivity index (χ4v) is 6.88. The summed E-state index contributed by atoms with van der Waals surface area (Å²) in [6, 6.07) is -1.19. The van der Waals surface area contributed by atoms with Gasteiger partial charge in [0.2, 0.25) is 5.91 Å². The molecule has 0 aromatic rings. The topological polar surface area (TPSA) is 189 Å². The molecule has 0 bridgehead atoms. The van der Waals surface area contributed by atoms with Crippen molar-refractivity contribution in [3.63, 3.8) is 0 Å². The molecule has 11 heteroatoms.